The van der Waals surface area contributed by atoms with E-state index < -0.39 is 23.9 Å². The molecule has 0 spiro atoms. The lowest BCUT2D eigenvalue weighted by atomic mass is 10.2. The zero-order valence-electron chi connectivity index (χ0n) is 11.8. The molecule has 2 N–H and O–H groups in total. The number of ether oxygens (including phenoxy) is 1. The van der Waals surface area contributed by atoms with E-state index >= 15 is 0 Å². The topological polar surface area (TPSA) is 115 Å². The minimum Gasteiger partial charge on any atom is -0.461 e. The number of esters is 1. The van der Waals surface area contributed by atoms with Crippen LogP contribution in [0.25, 0.3) is 0 Å². The van der Waals surface area contributed by atoms with E-state index in [1.165, 1.54) is 18.7 Å². The molecule has 1 heterocycles. The summed E-state index contributed by atoms with van der Waals surface area (Å²) in [5, 5.41) is 11.8. The van der Waals surface area contributed by atoms with Crippen LogP contribution in [0.2, 0.25) is 0 Å². The summed E-state index contributed by atoms with van der Waals surface area (Å²) in [6, 6.07) is -1.52. The summed E-state index contributed by atoms with van der Waals surface area (Å²) >= 11 is 5.78. The van der Waals surface area contributed by atoms with Crippen molar-refractivity contribution >= 4 is 29.5 Å². The Hall–Kier alpha value is -2.16. The summed E-state index contributed by atoms with van der Waals surface area (Å²) in [6.45, 7) is 3.33. The Morgan fingerprint density at radius 3 is 2.62 bits per heavy atom. The van der Waals surface area contributed by atoms with Gasteiger partial charge in [0.2, 0.25) is 0 Å². The number of halogens is 1. The van der Waals surface area contributed by atoms with Gasteiger partial charge in [-0.2, -0.15) is 0 Å². The second-order valence-electron chi connectivity index (χ2n) is 3.93. The highest BCUT2D eigenvalue weighted by molar-refractivity contribution is 6.17. The fourth-order valence-corrected chi connectivity index (χ4v) is 1.75. The molecule has 116 valence electrons. The van der Waals surface area contributed by atoms with Gasteiger partial charge in [0.1, 0.15) is 6.04 Å². The van der Waals surface area contributed by atoms with E-state index in [4.69, 9.17) is 16.3 Å². The van der Waals surface area contributed by atoms with Gasteiger partial charge in [-0.05, 0) is 13.8 Å². The molecule has 0 aliphatic rings. The van der Waals surface area contributed by atoms with Crippen molar-refractivity contribution in [2.45, 2.75) is 25.8 Å². The average Bonchev–Trinajstić information content (AvgIpc) is 2.90. The number of nitrogens with one attached hydrogen (secondary N) is 2. The Morgan fingerprint density at radius 2 is 2.10 bits per heavy atom. The Balaban J connectivity index is 3.00. The van der Waals surface area contributed by atoms with Crippen LogP contribution in [0.15, 0.2) is 0 Å². The van der Waals surface area contributed by atoms with E-state index in [1.54, 1.807) is 6.92 Å². The maximum absolute atomic E-state index is 11.9. The Bertz CT molecular complexity index is 545. The standard InChI is InChI=1S/C11H16ClN5O4/c1-4-21-10(19)8-7(5-12)17(16-15-8)6(2)9(18)14-11(20)13-3/h6H,4-5H2,1-3H3,(H2,13,14,18,20). The van der Waals surface area contributed by atoms with E-state index in [0.717, 1.165) is 0 Å². The van der Waals surface area contributed by atoms with Crippen LogP contribution in [0.4, 0.5) is 4.79 Å². The maximum Gasteiger partial charge on any atom is 0.360 e. The lowest BCUT2D eigenvalue weighted by Gasteiger charge is -2.13. The lowest BCUT2D eigenvalue weighted by molar-refractivity contribution is -0.123. The van der Waals surface area contributed by atoms with Gasteiger partial charge in [-0.1, -0.05) is 5.21 Å². The molecule has 1 atom stereocenters. The molecule has 1 rings (SSSR count). The van der Waals surface area contributed by atoms with Crippen molar-refractivity contribution in [3.63, 3.8) is 0 Å². The minimum atomic E-state index is -0.869. The monoisotopic (exact) mass is 317 g/mol. The van der Waals surface area contributed by atoms with E-state index in [-0.39, 0.29) is 23.9 Å². The first-order valence-electron chi connectivity index (χ1n) is 6.15. The summed E-state index contributed by atoms with van der Waals surface area (Å²) in [7, 11) is 1.38. The van der Waals surface area contributed by atoms with Crippen molar-refractivity contribution in [2.24, 2.45) is 0 Å². The van der Waals surface area contributed by atoms with E-state index in [0.29, 0.717) is 0 Å². The number of carbonyl (C=O) groups excluding carboxylic acids is 3. The fraction of sp³-hybridized carbons (Fsp3) is 0.545. The Kier molecular flexibility index (Phi) is 6.10. The predicted molar refractivity (Wildman–Crippen MR) is 72.8 cm³/mol. The van der Waals surface area contributed by atoms with Crippen LogP contribution in [0.3, 0.4) is 0 Å². The first-order valence-corrected chi connectivity index (χ1v) is 6.69. The van der Waals surface area contributed by atoms with E-state index in [9.17, 15) is 14.4 Å². The maximum atomic E-state index is 11.9. The van der Waals surface area contributed by atoms with Crippen LogP contribution in [0.5, 0.6) is 0 Å². The van der Waals surface area contributed by atoms with Gasteiger partial charge in [0, 0.05) is 7.05 Å². The van der Waals surface area contributed by atoms with Crippen LogP contribution in [0.1, 0.15) is 36.1 Å². The smallest absolute Gasteiger partial charge is 0.360 e. The Labute approximate surface area is 126 Å². The van der Waals surface area contributed by atoms with Crippen LogP contribution in [0, 0.1) is 0 Å². The number of hydrogen-bond acceptors (Lipinski definition) is 6. The quantitative estimate of drug-likeness (QED) is 0.592. The van der Waals surface area contributed by atoms with Crippen molar-refractivity contribution in [3.05, 3.63) is 11.4 Å². The Morgan fingerprint density at radius 1 is 1.43 bits per heavy atom. The predicted octanol–water partition coefficient (Wildman–Crippen LogP) is 0.210. The van der Waals surface area contributed by atoms with Crippen molar-refractivity contribution in [2.75, 3.05) is 13.7 Å². The van der Waals surface area contributed by atoms with Crippen LogP contribution in [-0.4, -0.2) is 46.6 Å². The number of nitrogens with zero attached hydrogens (tertiary/aromatic N) is 3. The summed E-state index contributed by atoms with van der Waals surface area (Å²) in [5.41, 5.74) is 0.195. The fourth-order valence-electron chi connectivity index (χ4n) is 1.50. The molecule has 3 amide bonds. The molecule has 0 aliphatic carbocycles. The molecule has 0 aromatic carbocycles. The third kappa shape index (κ3) is 3.91. The first-order chi connectivity index (χ1) is 9.96. The zero-order valence-corrected chi connectivity index (χ0v) is 12.6. The van der Waals surface area contributed by atoms with Crippen LogP contribution < -0.4 is 10.6 Å². The van der Waals surface area contributed by atoms with E-state index in [2.05, 4.69) is 20.9 Å². The highest BCUT2D eigenvalue weighted by atomic mass is 35.5. The summed E-state index contributed by atoms with van der Waals surface area (Å²) < 4.78 is 6.01. The zero-order chi connectivity index (χ0) is 16.0. The molecule has 0 radical (unpaired) electrons. The third-order valence-electron chi connectivity index (χ3n) is 2.60. The van der Waals surface area contributed by atoms with Crippen molar-refractivity contribution in [3.8, 4) is 0 Å². The molecular formula is C11H16ClN5O4. The van der Waals surface area contributed by atoms with Gasteiger partial charge in [0.05, 0.1) is 18.2 Å². The average molecular weight is 318 g/mol. The van der Waals surface area contributed by atoms with Gasteiger partial charge >= 0.3 is 12.0 Å². The van der Waals surface area contributed by atoms with E-state index in [1.807, 2.05) is 0 Å². The number of amides is 3. The van der Waals surface area contributed by atoms with Gasteiger partial charge in [0.25, 0.3) is 5.91 Å². The van der Waals surface area contributed by atoms with Gasteiger partial charge in [-0.15, -0.1) is 16.7 Å². The number of urea groups is 1. The molecular weight excluding hydrogens is 302 g/mol. The van der Waals surface area contributed by atoms with Crippen LogP contribution >= 0.6 is 11.6 Å². The molecule has 1 unspecified atom stereocenters. The molecule has 1 aromatic heterocycles. The SMILES string of the molecule is CCOC(=O)c1nnn(C(C)C(=O)NC(=O)NC)c1CCl. The van der Waals surface area contributed by atoms with Crippen molar-refractivity contribution in [1.82, 2.24) is 25.6 Å². The first kappa shape index (κ1) is 16.9. The van der Waals surface area contributed by atoms with Crippen LogP contribution in [-0.2, 0) is 15.4 Å². The number of carbonyl (C=O) groups is 3. The highest BCUT2D eigenvalue weighted by Crippen LogP contribution is 2.15. The van der Waals surface area contributed by atoms with Gasteiger partial charge in [-0.25, -0.2) is 14.3 Å². The molecule has 0 saturated carbocycles. The largest absolute Gasteiger partial charge is 0.461 e. The second kappa shape index (κ2) is 7.58. The summed E-state index contributed by atoms with van der Waals surface area (Å²) in [4.78, 5) is 34.7. The third-order valence-corrected chi connectivity index (χ3v) is 2.85. The normalized spacial score (nSPS) is 11.6. The minimum absolute atomic E-state index is 0.0496. The molecule has 0 bridgehead atoms. The summed E-state index contributed by atoms with van der Waals surface area (Å²) in [6.07, 6.45) is 0. The van der Waals surface area contributed by atoms with Gasteiger partial charge in [-0.3, -0.25) is 10.1 Å². The molecule has 0 fully saturated rings. The molecule has 21 heavy (non-hydrogen) atoms. The molecule has 0 saturated heterocycles. The highest BCUT2D eigenvalue weighted by Gasteiger charge is 2.26. The molecule has 10 heteroatoms. The van der Waals surface area contributed by atoms with Gasteiger partial charge < -0.3 is 10.1 Å². The number of aromatic nitrogens is 3. The number of hydrogen-bond donors (Lipinski definition) is 2. The van der Waals surface area contributed by atoms with Gasteiger partial charge in [0.15, 0.2) is 5.69 Å². The molecule has 0 aliphatic heterocycles. The van der Waals surface area contributed by atoms with Crippen molar-refractivity contribution in [1.29, 1.82) is 0 Å². The number of rotatable bonds is 5. The van der Waals surface area contributed by atoms with Crippen molar-refractivity contribution < 1.29 is 19.1 Å². The number of alkyl halides is 1. The second-order valence-corrected chi connectivity index (χ2v) is 4.20. The summed E-state index contributed by atoms with van der Waals surface area (Å²) in [5.74, 6) is -1.36. The lowest BCUT2D eigenvalue weighted by Crippen LogP contribution is -2.41. The number of imide groups is 1. The molecule has 9 nitrogen and oxygen atoms in total. The molecule has 1 aromatic rings.